The number of carbonyl (C=O) groups excluding carboxylic acids is 2. The van der Waals surface area contributed by atoms with Crippen molar-refractivity contribution < 1.29 is 24.2 Å². The third-order valence-corrected chi connectivity index (χ3v) is 6.80. The molecule has 0 spiro atoms. The summed E-state index contributed by atoms with van der Waals surface area (Å²) in [4.78, 5) is 28.6. The number of anilines is 1. The lowest BCUT2D eigenvalue weighted by Crippen LogP contribution is -2.29. The summed E-state index contributed by atoms with van der Waals surface area (Å²) in [7, 11) is 0. The molecule has 0 saturated carbocycles. The zero-order valence-electron chi connectivity index (χ0n) is 23.7. The van der Waals surface area contributed by atoms with Crippen LogP contribution in [0, 0.1) is 6.92 Å². The molecule has 0 aromatic heterocycles. The predicted molar refractivity (Wildman–Crippen MR) is 154 cm³/mol. The number of aliphatic hydroxyl groups excluding tert-OH is 1. The van der Waals surface area contributed by atoms with Crippen molar-refractivity contribution in [2.24, 2.45) is 0 Å². The van der Waals surface area contributed by atoms with Crippen molar-refractivity contribution in [1.29, 1.82) is 0 Å². The number of ether oxygens (including phenoxy) is 2. The van der Waals surface area contributed by atoms with Gasteiger partial charge in [0.25, 0.3) is 11.7 Å². The molecule has 39 heavy (non-hydrogen) atoms. The van der Waals surface area contributed by atoms with E-state index in [4.69, 9.17) is 9.47 Å². The van der Waals surface area contributed by atoms with Crippen LogP contribution < -0.4 is 14.4 Å². The Kier molecular flexibility index (Phi) is 7.86. The van der Waals surface area contributed by atoms with Crippen molar-refractivity contribution in [3.63, 3.8) is 0 Å². The van der Waals surface area contributed by atoms with Crippen LogP contribution in [0.4, 0.5) is 5.69 Å². The van der Waals surface area contributed by atoms with Gasteiger partial charge in [-0.25, -0.2) is 0 Å². The molecule has 1 N–H and O–H groups in total. The number of hydrogen-bond acceptors (Lipinski definition) is 5. The molecule has 6 nitrogen and oxygen atoms in total. The minimum absolute atomic E-state index is 0.00316. The van der Waals surface area contributed by atoms with Gasteiger partial charge in [-0.3, -0.25) is 14.5 Å². The molecule has 1 aliphatic heterocycles. The van der Waals surface area contributed by atoms with E-state index in [1.165, 1.54) is 4.90 Å². The van der Waals surface area contributed by atoms with E-state index in [1.807, 2.05) is 70.2 Å². The number of Topliss-reactive ketones (excluding diaryl/α,β-unsaturated/α-hetero) is 1. The number of aliphatic hydroxyl groups is 1. The average Bonchev–Trinajstić information content (AvgIpc) is 3.14. The second-order valence-electron chi connectivity index (χ2n) is 11.1. The first kappa shape index (κ1) is 28.0. The van der Waals surface area contributed by atoms with Crippen LogP contribution in [0.1, 0.15) is 69.8 Å². The normalized spacial score (nSPS) is 17.1. The fraction of sp³-hybridized carbons (Fsp3) is 0.333. The standard InChI is InChI=1S/C33H37NO5/c1-8-38-25-17-13-24(14-18-25)34-29(22-10-15-26(16-11-22)39-20(2)3)28(31(36)32(34)37)30(35)27-19-23(33(5,6)7)12-9-21(27)4/h9-20,29,35H,8H2,1-7H3/b30-28+. The van der Waals surface area contributed by atoms with Crippen LogP contribution in [0.3, 0.4) is 0 Å². The lowest BCUT2D eigenvalue weighted by atomic mass is 9.84. The molecule has 1 atom stereocenters. The molecule has 1 fully saturated rings. The fourth-order valence-electron chi connectivity index (χ4n) is 4.77. The highest BCUT2D eigenvalue weighted by Gasteiger charge is 2.47. The maximum absolute atomic E-state index is 13.6. The Morgan fingerprint density at radius 3 is 2.13 bits per heavy atom. The molecule has 0 aliphatic carbocycles. The maximum atomic E-state index is 13.6. The fourth-order valence-corrected chi connectivity index (χ4v) is 4.77. The zero-order chi connectivity index (χ0) is 28.5. The van der Waals surface area contributed by atoms with Crippen LogP contribution in [-0.4, -0.2) is 29.5 Å². The Balaban J connectivity index is 1.91. The molecular weight excluding hydrogens is 490 g/mol. The molecule has 1 heterocycles. The average molecular weight is 528 g/mol. The third-order valence-electron chi connectivity index (χ3n) is 6.80. The summed E-state index contributed by atoms with van der Waals surface area (Å²) in [5.74, 6) is -0.259. The van der Waals surface area contributed by atoms with E-state index in [-0.39, 0.29) is 22.9 Å². The van der Waals surface area contributed by atoms with Gasteiger partial charge in [0, 0.05) is 11.3 Å². The van der Waals surface area contributed by atoms with Crippen LogP contribution in [0.2, 0.25) is 0 Å². The number of carbonyl (C=O) groups is 2. The SMILES string of the molecule is CCOc1ccc(N2C(=O)C(=O)/C(=C(/O)c3cc(C(C)(C)C)ccc3C)C2c2ccc(OC(C)C)cc2)cc1. The van der Waals surface area contributed by atoms with Crippen LogP contribution >= 0.6 is 0 Å². The van der Waals surface area contributed by atoms with Gasteiger partial charge in [-0.1, -0.05) is 45.0 Å². The minimum Gasteiger partial charge on any atom is -0.507 e. The van der Waals surface area contributed by atoms with Gasteiger partial charge in [0.1, 0.15) is 17.3 Å². The second-order valence-corrected chi connectivity index (χ2v) is 11.1. The number of hydrogen-bond donors (Lipinski definition) is 1. The highest BCUT2D eigenvalue weighted by Crippen LogP contribution is 2.43. The van der Waals surface area contributed by atoms with Gasteiger partial charge in [0.2, 0.25) is 0 Å². The number of nitrogens with zero attached hydrogens (tertiary/aromatic N) is 1. The highest BCUT2D eigenvalue weighted by atomic mass is 16.5. The maximum Gasteiger partial charge on any atom is 0.300 e. The van der Waals surface area contributed by atoms with Crippen LogP contribution in [0.5, 0.6) is 11.5 Å². The van der Waals surface area contributed by atoms with Crippen molar-refractivity contribution in [3.05, 3.63) is 94.6 Å². The topological polar surface area (TPSA) is 76.1 Å². The van der Waals surface area contributed by atoms with E-state index in [2.05, 4.69) is 20.8 Å². The molecule has 3 aromatic rings. The molecule has 3 aromatic carbocycles. The third kappa shape index (κ3) is 5.70. The molecular formula is C33H37NO5. The van der Waals surface area contributed by atoms with E-state index in [0.29, 0.717) is 34.9 Å². The first-order valence-electron chi connectivity index (χ1n) is 13.3. The Hall–Kier alpha value is -4.06. The summed E-state index contributed by atoms with van der Waals surface area (Å²) in [6, 6.07) is 19.4. The van der Waals surface area contributed by atoms with E-state index < -0.39 is 17.7 Å². The van der Waals surface area contributed by atoms with E-state index >= 15 is 0 Å². The van der Waals surface area contributed by atoms with Crippen molar-refractivity contribution >= 4 is 23.1 Å². The van der Waals surface area contributed by atoms with Crippen molar-refractivity contribution in [2.45, 2.75) is 66.0 Å². The van der Waals surface area contributed by atoms with Crippen LogP contribution in [0.15, 0.2) is 72.3 Å². The molecule has 1 saturated heterocycles. The Labute approximate surface area is 230 Å². The smallest absolute Gasteiger partial charge is 0.300 e. The number of amides is 1. The van der Waals surface area contributed by atoms with Crippen LogP contribution in [0.25, 0.3) is 5.76 Å². The summed E-state index contributed by atoms with van der Waals surface area (Å²) in [5, 5.41) is 11.7. The van der Waals surface area contributed by atoms with E-state index in [0.717, 1.165) is 11.1 Å². The van der Waals surface area contributed by atoms with E-state index in [1.54, 1.807) is 24.3 Å². The van der Waals surface area contributed by atoms with Gasteiger partial charge in [0.15, 0.2) is 0 Å². The monoisotopic (exact) mass is 527 g/mol. The van der Waals surface area contributed by atoms with Crippen molar-refractivity contribution in [2.75, 3.05) is 11.5 Å². The van der Waals surface area contributed by atoms with Gasteiger partial charge in [-0.05, 0) is 92.3 Å². The molecule has 6 heteroatoms. The summed E-state index contributed by atoms with van der Waals surface area (Å²) < 4.78 is 11.4. The van der Waals surface area contributed by atoms with Gasteiger partial charge in [-0.2, -0.15) is 0 Å². The molecule has 4 rings (SSSR count). The molecule has 0 bridgehead atoms. The van der Waals surface area contributed by atoms with E-state index in [9.17, 15) is 14.7 Å². The first-order valence-corrected chi connectivity index (χ1v) is 13.3. The quantitative estimate of drug-likeness (QED) is 0.201. The summed E-state index contributed by atoms with van der Waals surface area (Å²) in [5.41, 5.74) is 3.48. The molecule has 204 valence electrons. The largest absolute Gasteiger partial charge is 0.507 e. The van der Waals surface area contributed by atoms with Crippen LogP contribution in [-0.2, 0) is 15.0 Å². The highest BCUT2D eigenvalue weighted by molar-refractivity contribution is 6.51. The number of rotatable bonds is 7. The first-order chi connectivity index (χ1) is 18.4. The van der Waals surface area contributed by atoms with Gasteiger partial charge in [-0.15, -0.1) is 0 Å². The zero-order valence-corrected chi connectivity index (χ0v) is 23.7. The molecule has 1 aliphatic rings. The number of aryl methyl sites for hydroxylation is 1. The summed E-state index contributed by atoms with van der Waals surface area (Å²) in [6.45, 7) is 14.5. The molecule has 0 radical (unpaired) electrons. The lowest BCUT2D eigenvalue weighted by Gasteiger charge is -2.26. The van der Waals surface area contributed by atoms with Gasteiger partial charge < -0.3 is 14.6 Å². The van der Waals surface area contributed by atoms with Crippen molar-refractivity contribution in [3.8, 4) is 11.5 Å². The molecule has 1 amide bonds. The summed E-state index contributed by atoms with van der Waals surface area (Å²) in [6.07, 6.45) is 0.00316. The summed E-state index contributed by atoms with van der Waals surface area (Å²) >= 11 is 0. The Morgan fingerprint density at radius 2 is 1.56 bits per heavy atom. The molecule has 1 unspecified atom stereocenters. The second kappa shape index (κ2) is 11.0. The minimum atomic E-state index is -0.825. The number of benzene rings is 3. The number of ketones is 1. The Morgan fingerprint density at radius 1 is 0.949 bits per heavy atom. The predicted octanol–water partition coefficient (Wildman–Crippen LogP) is 7.10. The lowest BCUT2D eigenvalue weighted by molar-refractivity contribution is -0.132. The Bertz CT molecular complexity index is 1400. The van der Waals surface area contributed by atoms with Gasteiger partial charge >= 0.3 is 0 Å². The van der Waals surface area contributed by atoms with Crippen molar-refractivity contribution in [1.82, 2.24) is 0 Å². The van der Waals surface area contributed by atoms with Gasteiger partial charge in [0.05, 0.1) is 24.3 Å².